The van der Waals surface area contributed by atoms with Crippen molar-refractivity contribution >= 4 is 5.97 Å². The SMILES string of the molecule is CCOC(=O)C1=C(O)[C@H]2CCC[C@H]2[C@H]([N+](=O)[O-])[C@@H]1c1ccc(-c2ccccc2)cc1. The van der Waals surface area contributed by atoms with E-state index in [1.807, 2.05) is 54.6 Å². The maximum atomic E-state index is 12.8. The van der Waals surface area contributed by atoms with Gasteiger partial charge in [-0.15, -0.1) is 0 Å². The maximum Gasteiger partial charge on any atom is 0.338 e. The number of nitrogens with zero attached hydrogens (tertiary/aromatic N) is 1. The Balaban J connectivity index is 1.80. The Morgan fingerprint density at radius 2 is 1.77 bits per heavy atom. The molecule has 4 atom stereocenters. The van der Waals surface area contributed by atoms with E-state index in [-0.39, 0.29) is 34.7 Å². The quantitative estimate of drug-likeness (QED) is 0.433. The van der Waals surface area contributed by atoms with Crippen molar-refractivity contribution in [3.05, 3.63) is 81.6 Å². The van der Waals surface area contributed by atoms with Crippen molar-refractivity contribution < 1.29 is 19.6 Å². The number of esters is 1. The summed E-state index contributed by atoms with van der Waals surface area (Å²) in [7, 11) is 0. The van der Waals surface area contributed by atoms with Crippen molar-refractivity contribution in [1.29, 1.82) is 0 Å². The van der Waals surface area contributed by atoms with E-state index in [4.69, 9.17) is 4.74 Å². The second kappa shape index (κ2) is 8.30. The molecule has 2 aromatic rings. The largest absolute Gasteiger partial charge is 0.511 e. The number of carbonyl (C=O) groups excluding carboxylic acids is 1. The fraction of sp³-hybridized carbons (Fsp3) is 0.375. The molecule has 30 heavy (non-hydrogen) atoms. The average molecular weight is 407 g/mol. The van der Waals surface area contributed by atoms with E-state index in [2.05, 4.69) is 0 Å². The lowest BCUT2D eigenvalue weighted by Crippen LogP contribution is -2.44. The van der Waals surface area contributed by atoms with Crippen LogP contribution in [0.4, 0.5) is 0 Å². The standard InChI is InChI=1S/C24H25NO5/c1-2-30-24(27)21-20(22(25(28)29)18-9-6-10-19(18)23(21)26)17-13-11-16(12-14-17)15-7-4-3-5-8-15/h3-5,7-8,11-14,18-20,22,26H,2,6,9-10H2,1H3/t18-,19+,20-,22+/m1/s1. The highest BCUT2D eigenvalue weighted by Crippen LogP contribution is 2.51. The number of aliphatic hydroxyl groups excluding tert-OH is 1. The molecule has 4 rings (SSSR count). The normalized spacial score (nSPS) is 25.6. The molecule has 0 aromatic heterocycles. The highest BCUT2D eigenvalue weighted by Gasteiger charge is 2.55. The molecule has 2 aliphatic rings. The van der Waals surface area contributed by atoms with Crippen LogP contribution >= 0.6 is 0 Å². The van der Waals surface area contributed by atoms with Crippen molar-refractivity contribution in [2.75, 3.05) is 6.61 Å². The number of rotatable bonds is 5. The predicted molar refractivity (Wildman–Crippen MR) is 113 cm³/mol. The van der Waals surface area contributed by atoms with E-state index >= 15 is 0 Å². The van der Waals surface area contributed by atoms with Gasteiger partial charge in [-0.3, -0.25) is 10.1 Å². The Bertz CT molecular complexity index is 967. The molecule has 6 heteroatoms. The number of hydrogen-bond acceptors (Lipinski definition) is 5. The molecule has 0 unspecified atom stereocenters. The van der Waals surface area contributed by atoms with Crippen molar-refractivity contribution in [3.63, 3.8) is 0 Å². The Hall–Kier alpha value is -3.15. The zero-order chi connectivity index (χ0) is 21.3. The fourth-order valence-corrected chi connectivity index (χ4v) is 5.11. The molecule has 0 spiro atoms. The van der Waals surface area contributed by atoms with E-state index in [1.165, 1.54) is 0 Å². The monoisotopic (exact) mass is 407 g/mol. The average Bonchev–Trinajstić information content (AvgIpc) is 3.24. The molecule has 0 amide bonds. The highest BCUT2D eigenvalue weighted by molar-refractivity contribution is 5.91. The number of carbonyl (C=O) groups is 1. The summed E-state index contributed by atoms with van der Waals surface area (Å²) in [6, 6.07) is 16.3. The summed E-state index contributed by atoms with van der Waals surface area (Å²) in [5, 5.41) is 23.1. The van der Waals surface area contributed by atoms with Crippen LogP contribution in [-0.4, -0.2) is 28.6 Å². The number of fused-ring (bicyclic) bond motifs is 1. The first-order valence-electron chi connectivity index (χ1n) is 10.4. The fourth-order valence-electron chi connectivity index (χ4n) is 5.11. The molecule has 0 aliphatic heterocycles. The van der Waals surface area contributed by atoms with Crippen LogP contribution in [0.5, 0.6) is 0 Å². The highest BCUT2D eigenvalue weighted by atomic mass is 16.6. The molecule has 6 nitrogen and oxygen atoms in total. The number of allylic oxidation sites excluding steroid dienone is 1. The molecule has 0 bridgehead atoms. The van der Waals surface area contributed by atoms with E-state index in [9.17, 15) is 20.0 Å². The topological polar surface area (TPSA) is 89.7 Å². The van der Waals surface area contributed by atoms with Crippen LogP contribution in [0.1, 0.15) is 37.7 Å². The summed E-state index contributed by atoms with van der Waals surface area (Å²) in [4.78, 5) is 24.7. The number of aliphatic hydroxyl groups is 1. The summed E-state index contributed by atoms with van der Waals surface area (Å²) in [6.07, 6.45) is 2.14. The minimum atomic E-state index is -0.963. The van der Waals surface area contributed by atoms with Crippen molar-refractivity contribution in [2.45, 2.75) is 38.1 Å². The van der Waals surface area contributed by atoms with Gasteiger partial charge in [-0.2, -0.15) is 0 Å². The number of benzene rings is 2. The lowest BCUT2D eigenvalue weighted by molar-refractivity contribution is -0.537. The molecule has 156 valence electrons. The Labute approximate surface area is 175 Å². The van der Waals surface area contributed by atoms with Gasteiger partial charge in [0, 0.05) is 16.8 Å². The van der Waals surface area contributed by atoms with E-state index in [1.54, 1.807) is 6.92 Å². The third kappa shape index (κ3) is 3.47. The van der Waals surface area contributed by atoms with Crippen molar-refractivity contribution in [1.82, 2.24) is 0 Å². The van der Waals surface area contributed by atoms with Gasteiger partial charge >= 0.3 is 5.97 Å². The zero-order valence-electron chi connectivity index (χ0n) is 16.9. The zero-order valence-corrected chi connectivity index (χ0v) is 16.9. The molecule has 2 aliphatic carbocycles. The van der Waals surface area contributed by atoms with Crippen molar-refractivity contribution in [2.24, 2.45) is 11.8 Å². The van der Waals surface area contributed by atoms with E-state index in [0.717, 1.165) is 17.5 Å². The molecule has 1 saturated carbocycles. The lowest BCUT2D eigenvalue weighted by atomic mass is 9.69. The van der Waals surface area contributed by atoms with Gasteiger partial charge in [-0.05, 0) is 36.5 Å². The molecular formula is C24H25NO5. The Morgan fingerprint density at radius 1 is 1.10 bits per heavy atom. The summed E-state index contributed by atoms with van der Waals surface area (Å²) in [6.45, 7) is 1.83. The Morgan fingerprint density at radius 3 is 2.40 bits per heavy atom. The van der Waals surface area contributed by atoms with Gasteiger partial charge in [-0.25, -0.2) is 4.79 Å². The number of hydrogen-bond donors (Lipinski definition) is 1. The van der Waals surface area contributed by atoms with E-state index in [0.29, 0.717) is 18.4 Å². The third-order valence-corrected chi connectivity index (χ3v) is 6.40. The molecule has 1 N–H and O–H groups in total. The van der Waals surface area contributed by atoms with Crippen LogP contribution in [0.3, 0.4) is 0 Å². The van der Waals surface area contributed by atoms with Crippen LogP contribution in [-0.2, 0) is 9.53 Å². The van der Waals surface area contributed by atoms with Gasteiger partial charge in [0.25, 0.3) is 0 Å². The van der Waals surface area contributed by atoms with Gasteiger partial charge in [0.1, 0.15) is 5.76 Å². The van der Waals surface area contributed by atoms with E-state index < -0.39 is 17.9 Å². The van der Waals surface area contributed by atoms with Crippen LogP contribution in [0.25, 0.3) is 11.1 Å². The number of ether oxygens (including phenoxy) is 1. The minimum Gasteiger partial charge on any atom is -0.511 e. The molecule has 2 aromatic carbocycles. The molecule has 1 fully saturated rings. The van der Waals surface area contributed by atoms with Crippen LogP contribution in [0, 0.1) is 22.0 Å². The molecule has 0 saturated heterocycles. The third-order valence-electron chi connectivity index (χ3n) is 6.40. The smallest absolute Gasteiger partial charge is 0.338 e. The van der Waals surface area contributed by atoms with Gasteiger partial charge < -0.3 is 9.84 Å². The lowest BCUT2D eigenvalue weighted by Gasteiger charge is -2.35. The second-order valence-electron chi connectivity index (χ2n) is 7.96. The van der Waals surface area contributed by atoms with Crippen LogP contribution in [0.2, 0.25) is 0 Å². The summed E-state index contributed by atoms with van der Waals surface area (Å²) in [5.74, 6) is -2.14. The second-order valence-corrected chi connectivity index (χ2v) is 7.96. The first-order valence-corrected chi connectivity index (χ1v) is 10.4. The minimum absolute atomic E-state index is 0.0221. The first-order chi connectivity index (χ1) is 14.5. The van der Waals surface area contributed by atoms with Gasteiger partial charge in [-0.1, -0.05) is 61.0 Å². The van der Waals surface area contributed by atoms with Crippen LogP contribution in [0.15, 0.2) is 65.9 Å². The van der Waals surface area contributed by atoms with Crippen LogP contribution < -0.4 is 0 Å². The van der Waals surface area contributed by atoms with Gasteiger partial charge in [0.2, 0.25) is 6.04 Å². The van der Waals surface area contributed by atoms with Gasteiger partial charge in [0.15, 0.2) is 0 Å². The van der Waals surface area contributed by atoms with Crippen molar-refractivity contribution in [3.8, 4) is 11.1 Å². The summed E-state index contributed by atoms with van der Waals surface area (Å²) < 4.78 is 5.19. The molecule has 0 heterocycles. The Kier molecular flexibility index (Phi) is 5.57. The summed E-state index contributed by atoms with van der Waals surface area (Å²) in [5.41, 5.74) is 2.72. The predicted octanol–water partition coefficient (Wildman–Crippen LogP) is 4.89. The summed E-state index contributed by atoms with van der Waals surface area (Å²) >= 11 is 0. The molecular weight excluding hydrogens is 382 g/mol. The molecule has 0 radical (unpaired) electrons. The maximum absolute atomic E-state index is 12.8. The van der Waals surface area contributed by atoms with Gasteiger partial charge in [0.05, 0.1) is 18.1 Å². The first kappa shape index (κ1) is 20.1. The number of nitro groups is 1.